The average Bonchev–Trinajstić information content (AvgIpc) is 2.22. The second-order valence-electron chi connectivity index (χ2n) is 2.92. The van der Waals surface area contributed by atoms with Gasteiger partial charge in [-0.3, -0.25) is 0 Å². The average molecular weight is 160 g/mol. The largest absolute Gasteiger partial charge is 0.157 e. The molecule has 52 valence electrons. The minimum absolute atomic E-state index is 0.952. The second kappa shape index (κ2) is 2.39. The third-order valence-electron chi connectivity index (χ3n) is 2.12. The Hall–Kier alpha value is 0.700. The zero-order chi connectivity index (χ0) is 6.27. The Morgan fingerprint density at radius 1 is 1.33 bits per heavy atom. The highest BCUT2D eigenvalue weighted by Gasteiger charge is 2.36. The molecular formula is C7H12S2. The Balaban J connectivity index is 2.02. The summed E-state index contributed by atoms with van der Waals surface area (Å²) in [5.41, 5.74) is 0. The molecule has 0 amide bonds. The van der Waals surface area contributed by atoms with Gasteiger partial charge in [-0.1, -0.05) is 6.92 Å². The van der Waals surface area contributed by atoms with Gasteiger partial charge in [0.05, 0.1) is 0 Å². The molecule has 0 aromatic carbocycles. The molecule has 2 saturated heterocycles. The van der Waals surface area contributed by atoms with Gasteiger partial charge in [-0.2, -0.15) is 23.5 Å². The SMILES string of the molecule is C[C@H]1CC2SCCC2S1. The van der Waals surface area contributed by atoms with Gasteiger partial charge in [0.2, 0.25) is 0 Å². The molecule has 3 atom stereocenters. The lowest BCUT2D eigenvalue weighted by Crippen LogP contribution is -2.04. The second-order valence-corrected chi connectivity index (χ2v) is 5.95. The first-order valence-electron chi connectivity index (χ1n) is 3.63. The van der Waals surface area contributed by atoms with Crippen molar-refractivity contribution < 1.29 is 0 Å². The highest BCUT2D eigenvalue weighted by Crippen LogP contribution is 2.46. The molecule has 0 bridgehead atoms. The summed E-state index contributed by atoms with van der Waals surface area (Å²) in [4.78, 5) is 0. The predicted octanol–water partition coefficient (Wildman–Crippen LogP) is 2.39. The molecule has 9 heavy (non-hydrogen) atoms. The van der Waals surface area contributed by atoms with Gasteiger partial charge in [0.15, 0.2) is 0 Å². The molecule has 2 fully saturated rings. The van der Waals surface area contributed by atoms with Crippen molar-refractivity contribution in [3.63, 3.8) is 0 Å². The lowest BCUT2D eigenvalue weighted by molar-refractivity contribution is 0.778. The zero-order valence-electron chi connectivity index (χ0n) is 5.67. The fourth-order valence-corrected chi connectivity index (χ4v) is 5.31. The maximum atomic E-state index is 2.36. The van der Waals surface area contributed by atoms with Crippen LogP contribution in [-0.2, 0) is 0 Å². The summed E-state index contributed by atoms with van der Waals surface area (Å²) < 4.78 is 0. The number of hydrogen-bond acceptors (Lipinski definition) is 2. The molecule has 0 radical (unpaired) electrons. The molecule has 0 N–H and O–H groups in total. The van der Waals surface area contributed by atoms with E-state index in [0.29, 0.717) is 0 Å². The van der Waals surface area contributed by atoms with Crippen molar-refractivity contribution in [2.75, 3.05) is 5.75 Å². The van der Waals surface area contributed by atoms with Gasteiger partial charge in [0, 0.05) is 15.7 Å². The van der Waals surface area contributed by atoms with Crippen LogP contribution in [0.15, 0.2) is 0 Å². The Bertz CT molecular complexity index is 101. The van der Waals surface area contributed by atoms with Crippen LogP contribution in [0.25, 0.3) is 0 Å². The van der Waals surface area contributed by atoms with Gasteiger partial charge in [-0.15, -0.1) is 0 Å². The lowest BCUT2D eigenvalue weighted by atomic mass is 10.2. The van der Waals surface area contributed by atoms with Crippen LogP contribution in [0.2, 0.25) is 0 Å². The number of thioether (sulfide) groups is 2. The number of rotatable bonds is 0. The molecule has 2 unspecified atom stereocenters. The van der Waals surface area contributed by atoms with E-state index in [-0.39, 0.29) is 0 Å². The van der Waals surface area contributed by atoms with E-state index in [1.54, 1.807) is 0 Å². The summed E-state index contributed by atoms with van der Waals surface area (Å²) in [6.45, 7) is 2.36. The van der Waals surface area contributed by atoms with E-state index in [2.05, 4.69) is 30.4 Å². The lowest BCUT2D eigenvalue weighted by Gasteiger charge is -2.02. The molecule has 2 aliphatic rings. The van der Waals surface area contributed by atoms with Crippen LogP contribution in [0, 0.1) is 0 Å². The normalized spacial score (nSPS) is 49.7. The maximum Gasteiger partial charge on any atom is 0.0177 e. The molecule has 2 heterocycles. The predicted molar refractivity (Wildman–Crippen MR) is 46.3 cm³/mol. The van der Waals surface area contributed by atoms with Crippen molar-refractivity contribution in [1.29, 1.82) is 0 Å². The van der Waals surface area contributed by atoms with Crippen molar-refractivity contribution in [3.05, 3.63) is 0 Å². The molecule has 0 saturated carbocycles. The third kappa shape index (κ3) is 1.12. The Morgan fingerprint density at radius 2 is 2.22 bits per heavy atom. The quantitative estimate of drug-likeness (QED) is 0.533. The summed E-state index contributed by atoms with van der Waals surface area (Å²) in [5.74, 6) is 1.43. The van der Waals surface area contributed by atoms with E-state index >= 15 is 0 Å². The molecular weight excluding hydrogens is 148 g/mol. The first-order valence-corrected chi connectivity index (χ1v) is 5.62. The fourth-order valence-electron chi connectivity index (χ4n) is 1.69. The molecule has 2 heteroatoms. The highest BCUT2D eigenvalue weighted by molar-refractivity contribution is 8.05. The summed E-state index contributed by atoms with van der Waals surface area (Å²) in [6.07, 6.45) is 2.95. The summed E-state index contributed by atoms with van der Waals surface area (Å²) in [5, 5.41) is 3.02. The van der Waals surface area contributed by atoms with Crippen LogP contribution >= 0.6 is 23.5 Å². The molecule has 0 aliphatic carbocycles. The fraction of sp³-hybridized carbons (Fsp3) is 1.00. The number of hydrogen-bond donors (Lipinski definition) is 0. The molecule has 0 aromatic rings. The smallest absolute Gasteiger partial charge is 0.0177 e. The van der Waals surface area contributed by atoms with Gasteiger partial charge in [-0.05, 0) is 18.6 Å². The van der Waals surface area contributed by atoms with Crippen molar-refractivity contribution in [2.45, 2.75) is 35.5 Å². The third-order valence-corrected chi connectivity index (χ3v) is 5.28. The minimum atomic E-state index is 0.952. The Kier molecular flexibility index (Phi) is 1.70. The summed E-state index contributed by atoms with van der Waals surface area (Å²) in [6, 6.07) is 0. The van der Waals surface area contributed by atoms with Gasteiger partial charge in [0.1, 0.15) is 0 Å². The van der Waals surface area contributed by atoms with Crippen LogP contribution in [0.4, 0.5) is 0 Å². The zero-order valence-corrected chi connectivity index (χ0v) is 7.30. The monoisotopic (exact) mass is 160 g/mol. The van der Waals surface area contributed by atoms with E-state index in [0.717, 1.165) is 15.7 Å². The van der Waals surface area contributed by atoms with Crippen molar-refractivity contribution in [3.8, 4) is 0 Å². The topological polar surface area (TPSA) is 0 Å². The Morgan fingerprint density at radius 3 is 3.00 bits per heavy atom. The van der Waals surface area contributed by atoms with Crippen LogP contribution < -0.4 is 0 Å². The van der Waals surface area contributed by atoms with Crippen LogP contribution in [0.5, 0.6) is 0 Å². The van der Waals surface area contributed by atoms with Crippen LogP contribution in [0.3, 0.4) is 0 Å². The maximum absolute atomic E-state index is 2.36. The van der Waals surface area contributed by atoms with Gasteiger partial charge >= 0.3 is 0 Å². The minimum Gasteiger partial charge on any atom is -0.157 e. The molecule has 2 aliphatic heterocycles. The standard InChI is InChI=1S/C7H12S2/c1-5-4-7-6(9-5)2-3-8-7/h5-7H,2-4H2,1H3/t5-,6?,7?/m0/s1. The van der Waals surface area contributed by atoms with Gasteiger partial charge in [-0.25, -0.2) is 0 Å². The highest BCUT2D eigenvalue weighted by atomic mass is 32.2. The summed E-state index contributed by atoms with van der Waals surface area (Å²) in [7, 11) is 0. The number of fused-ring (bicyclic) bond motifs is 1. The van der Waals surface area contributed by atoms with Crippen molar-refractivity contribution in [2.24, 2.45) is 0 Å². The Labute approximate surface area is 65.2 Å². The van der Waals surface area contributed by atoms with Gasteiger partial charge in [0.25, 0.3) is 0 Å². The van der Waals surface area contributed by atoms with E-state index in [9.17, 15) is 0 Å². The summed E-state index contributed by atoms with van der Waals surface area (Å²) >= 11 is 4.41. The molecule has 2 rings (SSSR count). The van der Waals surface area contributed by atoms with Crippen molar-refractivity contribution >= 4 is 23.5 Å². The molecule has 0 aromatic heterocycles. The van der Waals surface area contributed by atoms with Crippen LogP contribution in [-0.4, -0.2) is 21.5 Å². The van der Waals surface area contributed by atoms with E-state index in [1.165, 1.54) is 18.6 Å². The molecule has 0 spiro atoms. The first kappa shape index (κ1) is 6.41. The van der Waals surface area contributed by atoms with E-state index in [4.69, 9.17) is 0 Å². The first-order chi connectivity index (χ1) is 4.36. The van der Waals surface area contributed by atoms with Crippen molar-refractivity contribution in [1.82, 2.24) is 0 Å². The molecule has 0 nitrogen and oxygen atoms in total. The van der Waals surface area contributed by atoms with Gasteiger partial charge < -0.3 is 0 Å². The van der Waals surface area contributed by atoms with Crippen LogP contribution in [0.1, 0.15) is 19.8 Å². The van der Waals surface area contributed by atoms with E-state index in [1.807, 2.05) is 0 Å². The van der Waals surface area contributed by atoms with E-state index < -0.39 is 0 Å².